The summed E-state index contributed by atoms with van der Waals surface area (Å²) in [4.78, 5) is 1.43. The second-order valence-corrected chi connectivity index (χ2v) is 4.68. The first kappa shape index (κ1) is 14.9. The van der Waals surface area contributed by atoms with Crippen LogP contribution in [0.25, 0.3) is 0 Å². The largest absolute Gasteiger partial charge is 0.365 e. The lowest BCUT2D eigenvalue weighted by Gasteiger charge is -2.28. The van der Waals surface area contributed by atoms with E-state index in [0.29, 0.717) is 5.56 Å². The Balaban J connectivity index is 2.41. The topological polar surface area (TPSA) is 27.0 Å². The smallest absolute Gasteiger partial charge is 0.183 e. The average Bonchev–Trinajstić information content (AvgIpc) is 2.49. The van der Waals surface area contributed by atoms with Crippen LogP contribution < -0.4 is 4.90 Å². The fraction of sp³-hybridized carbons (Fsp3) is 0.188. The lowest BCUT2D eigenvalue weighted by Crippen LogP contribution is -2.24. The van der Waals surface area contributed by atoms with Crippen LogP contribution in [0.2, 0.25) is 0 Å². The van der Waals surface area contributed by atoms with Crippen molar-refractivity contribution in [3.8, 4) is 6.07 Å². The first-order valence-electron chi connectivity index (χ1n) is 6.32. The summed E-state index contributed by atoms with van der Waals surface area (Å²) >= 11 is 0. The molecule has 0 aliphatic heterocycles. The maximum absolute atomic E-state index is 14.0. The summed E-state index contributed by atoms with van der Waals surface area (Å²) in [7, 11) is 1.54. The van der Waals surface area contributed by atoms with Gasteiger partial charge in [-0.1, -0.05) is 18.2 Å². The number of nitrogens with zero attached hydrogens (tertiary/aromatic N) is 2. The van der Waals surface area contributed by atoms with E-state index in [4.69, 9.17) is 5.26 Å². The number of hydrogen-bond acceptors (Lipinski definition) is 2. The van der Waals surface area contributed by atoms with Crippen LogP contribution in [-0.2, 0) is 0 Å². The second kappa shape index (κ2) is 5.88. The Morgan fingerprint density at radius 1 is 1.05 bits per heavy atom. The van der Waals surface area contributed by atoms with Crippen molar-refractivity contribution >= 4 is 5.69 Å². The molecule has 1 unspecified atom stereocenters. The molecule has 2 rings (SSSR count). The predicted molar refractivity (Wildman–Crippen MR) is 74.3 cm³/mol. The van der Waals surface area contributed by atoms with Gasteiger partial charge in [-0.05, 0) is 25.1 Å². The molecule has 1 atom stereocenters. The molecular weight excluding hydrogens is 277 g/mol. The Morgan fingerprint density at radius 2 is 1.71 bits per heavy atom. The van der Waals surface area contributed by atoms with E-state index in [-0.39, 0.29) is 11.3 Å². The summed E-state index contributed by atoms with van der Waals surface area (Å²) < 4.78 is 41.5. The van der Waals surface area contributed by atoms with Gasteiger partial charge >= 0.3 is 0 Å². The average molecular weight is 290 g/mol. The third-order valence-electron chi connectivity index (χ3n) is 3.50. The van der Waals surface area contributed by atoms with E-state index < -0.39 is 23.5 Å². The molecule has 2 aromatic rings. The molecule has 0 spiro atoms. The van der Waals surface area contributed by atoms with E-state index >= 15 is 0 Å². The molecule has 0 amide bonds. The number of anilines is 1. The van der Waals surface area contributed by atoms with Crippen LogP contribution in [0.15, 0.2) is 36.4 Å². The second-order valence-electron chi connectivity index (χ2n) is 4.68. The first-order valence-corrected chi connectivity index (χ1v) is 6.32. The number of halogens is 3. The van der Waals surface area contributed by atoms with Crippen molar-refractivity contribution in [2.75, 3.05) is 11.9 Å². The van der Waals surface area contributed by atoms with Gasteiger partial charge in [-0.3, -0.25) is 0 Å². The molecule has 0 saturated heterocycles. The minimum atomic E-state index is -1.19. The van der Waals surface area contributed by atoms with Crippen molar-refractivity contribution in [2.24, 2.45) is 0 Å². The minimum Gasteiger partial charge on any atom is -0.365 e. The lowest BCUT2D eigenvalue weighted by atomic mass is 10.1. The Kier molecular flexibility index (Phi) is 4.18. The van der Waals surface area contributed by atoms with Crippen LogP contribution in [0, 0.1) is 28.8 Å². The minimum absolute atomic E-state index is 0.0257. The number of benzene rings is 2. The summed E-state index contributed by atoms with van der Waals surface area (Å²) in [6.07, 6.45) is 0. The molecule has 0 fully saturated rings. The molecule has 108 valence electrons. The standard InChI is InChI=1S/C16H13F3N2/c1-10(12-5-3-4-6-13(12)17)21(2)14-8-7-11(9-20)15(18)16(14)19/h3-8,10H,1-2H3. The highest BCUT2D eigenvalue weighted by atomic mass is 19.2. The highest BCUT2D eigenvalue weighted by molar-refractivity contribution is 5.53. The quantitative estimate of drug-likeness (QED) is 0.848. The number of nitriles is 1. The molecule has 2 nitrogen and oxygen atoms in total. The molecular formula is C16H13F3N2. The van der Waals surface area contributed by atoms with Gasteiger partial charge in [-0.25, -0.2) is 13.2 Å². The molecule has 0 saturated carbocycles. The monoisotopic (exact) mass is 290 g/mol. The molecule has 2 aromatic carbocycles. The van der Waals surface area contributed by atoms with Gasteiger partial charge in [-0.2, -0.15) is 5.26 Å². The summed E-state index contributed by atoms with van der Waals surface area (Å²) in [5.74, 6) is -2.71. The number of hydrogen-bond donors (Lipinski definition) is 0. The molecule has 0 bridgehead atoms. The van der Waals surface area contributed by atoms with Gasteiger partial charge in [0.25, 0.3) is 0 Å². The Morgan fingerprint density at radius 3 is 2.33 bits per heavy atom. The van der Waals surface area contributed by atoms with Crippen molar-refractivity contribution in [3.63, 3.8) is 0 Å². The van der Waals surface area contributed by atoms with Crippen LogP contribution >= 0.6 is 0 Å². The van der Waals surface area contributed by atoms with E-state index in [2.05, 4.69) is 0 Å². The fourth-order valence-corrected chi connectivity index (χ4v) is 2.13. The molecule has 0 aliphatic carbocycles. The highest BCUT2D eigenvalue weighted by Gasteiger charge is 2.21. The first-order chi connectivity index (χ1) is 9.97. The lowest BCUT2D eigenvalue weighted by molar-refractivity contribution is 0.501. The predicted octanol–water partition coefficient (Wildman–Crippen LogP) is 4.17. The maximum Gasteiger partial charge on any atom is 0.183 e. The third-order valence-corrected chi connectivity index (χ3v) is 3.50. The van der Waals surface area contributed by atoms with Gasteiger partial charge in [-0.15, -0.1) is 0 Å². The Hall–Kier alpha value is -2.48. The molecule has 0 aromatic heterocycles. The summed E-state index contributed by atoms with van der Waals surface area (Å²) in [6, 6.07) is 9.76. The van der Waals surface area contributed by atoms with Crippen molar-refractivity contribution in [1.82, 2.24) is 0 Å². The zero-order valence-corrected chi connectivity index (χ0v) is 11.6. The van der Waals surface area contributed by atoms with Gasteiger partial charge in [0.15, 0.2) is 11.6 Å². The van der Waals surface area contributed by atoms with E-state index in [0.717, 1.165) is 0 Å². The summed E-state index contributed by atoms with van der Waals surface area (Å²) in [5, 5.41) is 8.68. The van der Waals surface area contributed by atoms with Gasteiger partial charge < -0.3 is 4.90 Å². The van der Waals surface area contributed by atoms with Crippen LogP contribution in [0.3, 0.4) is 0 Å². The van der Waals surface area contributed by atoms with E-state index in [1.54, 1.807) is 38.2 Å². The Labute approximate surface area is 121 Å². The van der Waals surface area contributed by atoms with Crippen molar-refractivity contribution in [2.45, 2.75) is 13.0 Å². The van der Waals surface area contributed by atoms with Gasteiger partial charge in [0.05, 0.1) is 17.3 Å². The van der Waals surface area contributed by atoms with E-state index in [1.165, 1.54) is 23.1 Å². The third kappa shape index (κ3) is 2.70. The summed E-state index contributed by atoms with van der Waals surface area (Å²) in [5.41, 5.74) is -0.00499. The molecule has 5 heteroatoms. The molecule has 0 heterocycles. The Bertz CT molecular complexity index is 707. The normalized spacial score (nSPS) is 11.8. The zero-order valence-electron chi connectivity index (χ0n) is 11.6. The zero-order chi connectivity index (χ0) is 15.6. The van der Waals surface area contributed by atoms with Crippen molar-refractivity contribution < 1.29 is 13.2 Å². The van der Waals surface area contributed by atoms with Crippen LogP contribution in [0.1, 0.15) is 24.1 Å². The van der Waals surface area contributed by atoms with Crippen LogP contribution in [0.4, 0.5) is 18.9 Å². The van der Waals surface area contributed by atoms with Crippen molar-refractivity contribution in [1.29, 1.82) is 5.26 Å². The SMILES string of the molecule is CC(c1ccccc1F)N(C)c1ccc(C#N)c(F)c1F. The summed E-state index contributed by atoms with van der Waals surface area (Å²) in [6.45, 7) is 1.69. The highest BCUT2D eigenvalue weighted by Crippen LogP contribution is 2.30. The van der Waals surface area contributed by atoms with Crippen LogP contribution in [-0.4, -0.2) is 7.05 Å². The van der Waals surface area contributed by atoms with Gasteiger partial charge in [0.2, 0.25) is 0 Å². The molecule has 21 heavy (non-hydrogen) atoms. The maximum atomic E-state index is 14.0. The molecule has 0 aliphatic rings. The van der Waals surface area contributed by atoms with Gasteiger partial charge in [0.1, 0.15) is 11.9 Å². The fourth-order valence-electron chi connectivity index (χ4n) is 2.13. The van der Waals surface area contributed by atoms with Crippen LogP contribution in [0.5, 0.6) is 0 Å². The van der Waals surface area contributed by atoms with E-state index in [9.17, 15) is 13.2 Å². The van der Waals surface area contributed by atoms with Gasteiger partial charge in [0, 0.05) is 12.6 Å². The number of rotatable bonds is 3. The molecule has 0 radical (unpaired) electrons. The molecule has 0 N–H and O–H groups in total. The van der Waals surface area contributed by atoms with Crippen molar-refractivity contribution in [3.05, 3.63) is 65.0 Å². The van der Waals surface area contributed by atoms with E-state index in [1.807, 2.05) is 0 Å².